The zero-order chi connectivity index (χ0) is 16.9. The van der Waals surface area contributed by atoms with Crippen molar-refractivity contribution in [2.24, 2.45) is 0 Å². The molecule has 1 heterocycles. The van der Waals surface area contributed by atoms with E-state index >= 15 is 0 Å². The van der Waals surface area contributed by atoms with Crippen LogP contribution in [0.3, 0.4) is 0 Å². The molecule has 2 aromatic carbocycles. The number of amides is 1. The van der Waals surface area contributed by atoms with Gasteiger partial charge in [0.15, 0.2) is 0 Å². The Kier molecular flexibility index (Phi) is 4.99. The summed E-state index contributed by atoms with van der Waals surface area (Å²) in [5.74, 6) is 0.704. The molecule has 0 radical (unpaired) electrons. The second-order valence-electron chi connectivity index (χ2n) is 4.88. The molecule has 0 saturated carbocycles. The monoisotopic (exact) mass is 358 g/mol. The van der Waals surface area contributed by atoms with E-state index in [1.54, 1.807) is 60.8 Å². The van der Waals surface area contributed by atoms with Gasteiger partial charge in [-0.15, -0.1) is 0 Å². The average Bonchev–Trinajstić information content (AvgIpc) is 2.59. The van der Waals surface area contributed by atoms with Crippen molar-refractivity contribution < 1.29 is 9.53 Å². The van der Waals surface area contributed by atoms with Crippen LogP contribution in [0.4, 0.5) is 5.69 Å². The van der Waals surface area contributed by atoms with Gasteiger partial charge in [-0.2, -0.15) is 0 Å². The molecule has 6 heteroatoms. The average molecular weight is 359 g/mol. The molecule has 0 atom stereocenters. The highest BCUT2D eigenvalue weighted by atomic mass is 35.5. The molecule has 0 aliphatic carbocycles. The first-order chi connectivity index (χ1) is 11.6. The predicted octanol–water partition coefficient (Wildman–Crippen LogP) is 5.43. The number of halogens is 2. The molecule has 1 aromatic heterocycles. The van der Waals surface area contributed by atoms with Crippen LogP contribution in [0, 0.1) is 0 Å². The van der Waals surface area contributed by atoms with Gasteiger partial charge in [0.2, 0.25) is 5.88 Å². The maximum absolute atomic E-state index is 12.4. The number of anilines is 1. The number of carbonyl (C=O) groups is 1. The molecular formula is C18H12Cl2N2O2. The number of carbonyl (C=O) groups excluding carboxylic acids is 1. The maximum Gasteiger partial charge on any atom is 0.255 e. The number of pyridine rings is 1. The van der Waals surface area contributed by atoms with Gasteiger partial charge in [0.25, 0.3) is 5.91 Å². The third kappa shape index (κ3) is 4.04. The van der Waals surface area contributed by atoms with Gasteiger partial charge < -0.3 is 10.1 Å². The summed E-state index contributed by atoms with van der Waals surface area (Å²) in [6.45, 7) is 0. The Hall–Kier alpha value is -2.56. The first kappa shape index (κ1) is 16.3. The van der Waals surface area contributed by atoms with Gasteiger partial charge in [-0.3, -0.25) is 4.79 Å². The number of hydrogen-bond acceptors (Lipinski definition) is 3. The van der Waals surface area contributed by atoms with E-state index in [2.05, 4.69) is 10.3 Å². The molecule has 0 unspecified atom stereocenters. The minimum Gasteiger partial charge on any atom is -0.439 e. The van der Waals surface area contributed by atoms with Crippen molar-refractivity contribution >= 4 is 34.8 Å². The van der Waals surface area contributed by atoms with Crippen LogP contribution in [-0.4, -0.2) is 10.9 Å². The topological polar surface area (TPSA) is 51.2 Å². The summed E-state index contributed by atoms with van der Waals surface area (Å²) in [4.78, 5) is 16.4. The van der Waals surface area contributed by atoms with Crippen molar-refractivity contribution in [1.82, 2.24) is 4.98 Å². The molecule has 1 N–H and O–H groups in total. The third-order valence-corrected chi connectivity index (χ3v) is 3.87. The second-order valence-corrected chi connectivity index (χ2v) is 5.70. The van der Waals surface area contributed by atoms with E-state index in [4.69, 9.17) is 27.9 Å². The number of ether oxygens (including phenoxy) is 1. The Labute approximate surface area is 149 Å². The molecule has 3 rings (SSSR count). The smallest absolute Gasteiger partial charge is 0.255 e. The largest absolute Gasteiger partial charge is 0.439 e. The van der Waals surface area contributed by atoms with Gasteiger partial charge >= 0.3 is 0 Å². The van der Waals surface area contributed by atoms with Crippen molar-refractivity contribution in [2.45, 2.75) is 0 Å². The van der Waals surface area contributed by atoms with Crippen molar-refractivity contribution in [2.75, 3.05) is 5.32 Å². The summed E-state index contributed by atoms with van der Waals surface area (Å²) < 4.78 is 5.62. The fourth-order valence-electron chi connectivity index (χ4n) is 2.01. The molecule has 120 valence electrons. The molecule has 0 spiro atoms. The highest BCUT2D eigenvalue weighted by Gasteiger charge is 2.09. The van der Waals surface area contributed by atoms with Crippen LogP contribution in [-0.2, 0) is 0 Å². The molecular weight excluding hydrogens is 347 g/mol. The normalized spacial score (nSPS) is 10.2. The number of nitrogens with one attached hydrogen (secondary N) is 1. The van der Waals surface area contributed by atoms with Gasteiger partial charge in [-0.05, 0) is 42.5 Å². The lowest BCUT2D eigenvalue weighted by molar-refractivity contribution is 0.102. The van der Waals surface area contributed by atoms with E-state index in [9.17, 15) is 4.79 Å². The van der Waals surface area contributed by atoms with Crippen molar-refractivity contribution in [1.29, 1.82) is 0 Å². The molecule has 1 amide bonds. The Morgan fingerprint density at radius 1 is 0.958 bits per heavy atom. The maximum atomic E-state index is 12.4. The number of rotatable bonds is 4. The Morgan fingerprint density at radius 2 is 1.83 bits per heavy atom. The van der Waals surface area contributed by atoms with Gasteiger partial charge in [0.05, 0.1) is 10.0 Å². The Balaban J connectivity index is 1.75. The van der Waals surface area contributed by atoms with E-state index in [1.807, 2.05) is 6.07 Å². The Morgan fingerprint density at radius 3 is 2.58 bits per heavy atom. The summed E-state index contributed by atoms with van der Waals surface area (Å²) in [5.41, 5.74) is 1.01. The van der Waals surface area contributed by atoms with Crippen LogP contribution in [0.15, 0.2) is 66.9 Å². The van der Waals surface area contributed by atoms with Crippen LogP contribution in [0.25, 0.3) is 0 Å². The summed E-state index contributed by atoms with van der Waals surface area (Å²) in [6.07, 6.45) is 1.64. The van der Waals surface area contributed by atoms with Gasteiger partial charge in [-0.25, -0.2) is 4.98 Å². The van der Waals surface area contributed by atoms with Gasteiger partial charge in [0.1, 0.15) is 5.75 Å². The molecule has 0 fully saturated rings. The van der Waals surface area contributed by atoms with Crippen molar-refractivity contribution in [3.63, 3.8) is 0 Å². The first-order valence-electron chi connectivity index (χ1n) is 7.07. The number of aromatic nitrogens is 1. The summed E-state index contributed by atoms with van der Waals surface area (Å²) in [5, 5.41) is 3.57. The fourth-order valence-corrected chi connectivity index (χ4v) is 2.30. The van der Waals surface area contributed by atoms with E-state index in [1.165, 1.54) is 0 Å². The van der Waals surface area contributed by atoms with Crippen molar-refractivity contribution in [3.8, 4) is 11.6 Å². The summed E-state index contributed by atoms with van der Waals surface area (Å²) >= 11 is 11.8. The van der Waals surface area contributed by atoms with Crippen LogP contribution in [0.2, 0.25) is 10.0 Å². The second kappa shape index (κ2) is 7.34. The number of nitrogens with zero attached hydrogens (tertiary/aromatic N) is 1. The molecule has 0 bridgehead atoms. The number of hydrogen-bond donors (Lipinski definition) is 1. The van der Waals surface area contributed by atoms with Gasteiger partial charge in [-0.1, -0.05) is 35.3 Å². The molecule has 4 nitrogen and oxygen atoms in total. The molecule has 0 saturated heterocycles. The molecule has 24 heavy (non-hydrogen) atoms. The zero-order valence-corrected chi connectivity index (χ0v) is 13.9. The number of benzene rings is 2. The highest BCUT2D eigenvalue weighted by Crippen LogP contribution is 2.26. The van der Waals surface area contributed by atoms with Crippen LogP contribution < -0.4 is 10.1 Å². The lowest BCUT2D eigenvalue weighted by atomic mass is 10.2. The van der Waals surface area contributed by atoms with E-state index in [-0.39, 0.29) is 5.91 Å². The van der Waals surface area contributed by atoms with Crippen LogP contribution >= 0.6 is 23.2 Å². The van der Waals surface area contributed by atoms with E-state index < -0.39 is 0 Å². The molecule has 0 aliphatic heterocycles. The molecule has 0 aliphatic rings. The standard InChI is InChI=1S/C18H12Cl2N2O2/c19-15-8-7-13(11-16(15)20)22-18(23)12-4-3-5-14(10-12)24-17-6-1-2-9-21-17/h1-11H,(H,22,23). The van der Waals surface area contributed by atoms with E-state index in [0.29, 0.717) is 32.9 Å². The van der Waals surface area contributed by atoms with E-state index in [0.717, 1.165) is 0 Å². The Bertz CT molecular complexity index is 870. The van der Waals surface area contributed by atoms with Gasteiger partial charge in [0, 0.05) is 23.5 Å². The molecule has 3 aromatic rings. The minimum atomic E-state index is -0.278. The lowest BCUT2D eigenvalue weighted by Crippen LogP contribution is -2.11. The summed E-state index contributed by atoms with van der Waals surface area (Å²) in [6, 6.07) is 17.1. The quantitative estimate of drug-likeness (QED) is 0.676. The predicted molar refractivity (Wildman–Crippen MR) is 95.2 cm³/mol. The minimum absolute atomic E-state index is 0.278. The van der Waals surface area contributed by atoms with Crippen LogP contribution in [0.1, 0.15) is 10.4 Å². The highest BCUT2D eigenvalue weighted by molar-refractivity contribution is 6.42. The lowest BCUT2D eigenvalue weighted by Gasteiger charge is -2.08. The SMILES string of the molecule is O=C(Nc1ccc(Cl)c(Cl)c1)c1cccc(Oc2ccccn2)c1. The first-order valence-corrected chi connectivity index (χ1v) is 7.83. The fraction of sp³-hybridized carbons (Fsp3) is 0. The summed E-state index contributed by atoms with van der Waals surface area (Å²) in [7, 11) is 0. The van der Waals surface area contributed by atoms with Crippen LogP contribution in [0.5, 0.6) is 11.6 Å². The third-order valence-electron chi connectivity index (χ3n) is 3.13. The van der Waals surface area contributed by atoms with Crippen molar-refractivity contribution in [3.05, 3.63) is 82.5 Å². The zero-order valence-electron chi connectivity index (χ0n) is 12.4.